The van der Waals surface area contributed by atoms with Crippen LogP contribution in [0.15, 0.2) is 21.8 Å². The fourth-order valence-corrected chi connectivity index (χ4v) is 5.02. The number of carboxylic acid groups (broad SMARTS) is 1. The summed E-state index contributed by atoms with van der Waals surface area (Å²) in [6.07, 6.45) is 0. The topological polar surface area (TPSA) is 171 Å². The number of carbonyl (C=O) groups excluding carboxylic acids is 3. The molecule has 0 bridgehead atoms. The average molecular weight is 490 g/mol. The molecule has 0 radical (unpaired) electrons. The summed E-state index contributed by atoms with van der Waals surface area (Å²) in [5.74, 6) is -3.26. The van der Waals surface area contributed by atoms with Crippen LogP contribution >= 0.6 is 34.7 Å². The number of hydrogen-bond acceptors (Lipinski definition) is 10. The molecular weight excluding hydrogens is 474 g/mol. The number of aromatic nitrogens is 1. The Balaban J connectivity index is 1.75. The highest BCUT2D eigenvalue weighted by Gasteiger charge is 2.54. The maximum atomic E-state index is 12.8. The minimum atomic E-state index is -1.33. The normalized spacial score (nSPS) is 20.7. The number of carbonyl (C=O) groups is 4. The van der Waals surface area contributed by atoms with E-state index >= 15 is 0 Å². The van der Waals surface area contributed by atoms with Crippen molar-refractivity contribution in [2.45, 2.75) is 11.4 Å². The van der Waals surface area contributed by atoms with Crippen LogP contribution in [0, 0.1) is 0 Å². The first-order chi connectivity index (χ1) is 14.8. The van der Waals surface area contributed by atoms with Crippen LogP contribution in [0.2, 0.25) is 0 Å². The number of rotatable bonds is 8. The molecule has 1 aromatic rings. The number of thioether (sulfide) groups is 1. The van der Waals surface area contributed by atoms with Crippen molar-refractivity contribution in [3.05, 3.63) is 22.3 Å². The molecule has 0 saturated carbocycles. The van der Waals surface area contributed by atoms with Gasteiger partial charge in [-0.2, -0.15) is 0 Å². The van der Waals surface area contributed by atoms with E-state index in [9.17, 15) is 29.4 Å². The molecular formula is C16H16ClN5O7S2. The molecule has 4 N–H and O–H groups in total. The lowest BCUT2D eigenvalue weighted by Gasteiger charge is -2.49. The number of oxime groups is 1. The summed E-state index contributed by atoms with van der Waals surface area (Å²) in [5.41, 5.74) is -0.181. The second-order valence-electron chi connectivity index (χ2n) is 6.12. The molecule has 2 aliphatic rings. The van der Waals surface area contributed by atoms with Gasteiger partial charge in [-0.3, -0.25) is 19.3 Å². The van der Waals surface area contributed by atoms with Crippen LogP contribution in [-0.4, -0.2) is 86.3 Å². The first-order valence-corrected chi connectivity index (χ1v) is 11.0. The SMILES string of the molecule is CO/N=C(\C(=O)N[C@@H]1C(=O)N2C(C(=O)O)=C(CO)CS[C@H]12)c1csc(NC(=O)CCl)n1. The maximum absolute atomic E-state index is 12.8. The van der Waals surface area contributed by atoms with Crippen molar-refractivity contribution in [3.8, 4) is 0 Å². The third-order valence-electron chi connectivity index (χ3n) is 4.24. The molecule has 166 valence electrons. The van der Waals surface area contributed by atoms with E-state index in [-0.39, 0.29) is 39.4 Å². The van der Waals surface area contributed by atoms with Gasteiger partial charge in [0.2, 0.25) is 5.91 Å². The van der Waals surface area contributed by atoms with Gasteiger partial charge < -0.3 is 25.7 Å². The van der Waals surface area contributed by atoms with Crippen molar-refractivity contribution in [2.24, 2.45) is 5.16 Å². The number of aliphatic hydroxyl groups is 1. The summed E-state index contributed by atoms with van der Waals surface area (Å²) in [4.78, 5) is 58.1. The summed E-state index contributed by atoms with van der Waals surface area (Å²) in [7, 11) is 1.23. The van der Waals surface area contributed by atoms with E-state index in [4.69, 9.17) is 16.4 Å². The molecule has 0 unspecified atom stereocenters. The Hall–Kier alpha value is -2.68. The lowest BCUT2D eigenvalue weighted by Crippen LogP contribution is -2.71. The molecule has 3 rings (SSSR count). The third kappa shape index (κ3) is 4.51. The van der Waals surface area contributed by atoms with Gasteiger partial charge in [0.1, 0.15) is 35.8 Å². The van der Waals surface area contributed by atoms with Gasteiger partial charge in [0.25, 0.3) is 11.8 Å². The number of aliphatic carboxylic acids is 1. The maximum Gasteiger partial charge on any atom is 0.352 e. The largest absolute Gasteiger partial charge is 0.477 e. The van der Waals surface area contributed by atoms with Gasteiger partial charge in [0.15, 0.2) is 10.8 Å². The van der Waals surface area contributed by atoms with Crippen LogP contribution < -0.4 is 10.6 Å². The van der Waals surface area contributed by atoms with E-state index in [1.54, 1.807) is 0 Å². The molecule has 15 heteroatoms. The summed E-state index contributed by atoms with van der Waals surface area (Å²) >= 11 is 7.69. The van der Waals surface area contributed by atoms with Gasteiger partial charge in [0.05, 0.1) is 6.61 Å². The molecule has 1 aromatic heterocycles. The summed E-state index contributed by atoms with van der Waals surface area (Å²) in [6, 6.07) is -0.997. The van der Waals surface area contributed by atoms with Gasteiger partial charge in [-0.25, -0.2) is 9.78 Å². The molecule has 3 heterocycles. The number of anilines is 1. The second-order valence-corrected chi connectivity index (χ2v) is 8.35. The summed E-state index contributed by atoms with van der Waals surface area (Å²) < 4.78 is 0. The fourth-order valence-electron chi connectivity index (χ4n) is 2.90. The van der Waals surface area contributed by atoms with E-state index in [1.807, 2.05) is 0 Å². The number of halogens is 1. The molecule has 3 amide bonds. The van der Waals surface area contributed by atoms with Crippen molar-refractivity contribution < 1.29 is 34.2 Å². The number of nitrogens with zero attached hydrogens (tertiary/aromatic N) is 3. The standard InChI is InChI=1S/C16H16ClN5O7S2/c1-29-21-9(7-5-31-16(18-7)19-8(24)2-17)12(25)20-10-13(26)22-11(15(27)28)6(3-23)4-30-14(10)22/h5,10,14,23H,2-4H2,1H3,(H,20,25)(H,27,28)(H,18,19,24)/b21-9-/t10-,14-/m1/s1. The Morgan fingerprint density at radius 3 is 2.81 bits per heavy atom. The Morgan fingerprint density at radius 2 is 2.19 bits per heavy atom. The lowest BCUT2D eigenvalue weighted by atomic mass is 10.0. The molecule has 1 saturated heterocycles. The van der Waals surface area contributed by atoms with Crippen LogP contribution in [0.3, 0.4) is 0 Å². The number of hydrogen-bond donors (Lipinski definition) is 4. The molecule has 12 nitrogen and oxygen atoms in total. The van der Waals surface area contributed by atoms with Crippen LogP contribution in [0.4, 0.5) is 5.13 Å². The van der Waals surface area contributed by atoms with Gasteiger partial charge in [-0.1, -0.05) is 5.16 Å². The Bertz CT molecular complexity index is 995. The lowest BCUT2D eigenvalue weighted by molar-refractivity contribution is -0.150. The van der Waals surface area contributed by atoms with Crippen molar-refractivity contribution in [1.82, 2.24) is 15.2 Å². The van der Waals surface area contributed by atoms with Crippen molar-refractivity contribution >= 4 is 69.2 Å². The fraction of sp³-hybridized carbons (Fsp3) is 0.375. The second kappa shape index (κ2) is 9.64. The predicted octanol–water partition coefficient (Wildman–Crippen LogP) is -0.598. The highest BCUT2D eigenvalue weighted by molar-refractivity contribution is 8.00. The van der Waals surface area contributed by atoms with E-state index in [0.29, 0.717) is 0 Å². The smallest absolute Gasteiger partial charge is 0.352 e. The Morgan fingerprint density at radius 1 is 1.45 bits per heavy atom. The van der Waals surface area contributed by atoms with Crippen LogP contribution in [0.1, 0.15) is 5.69 Å². The van der Waals surface area contributed by atoms with Crippen molar-refractivity contribution in [2.75, 3.05) is 30.7 Å². The zero-order valence-corrected chi connectivity index (χ0v) is 18.2. The predicted molar refractivity (Wildman–Crippen MR) is 112 cm³/mol. The summed E-state index contributed by atoms with van der Waals surface area (Å²) in [5, 5.41) is 28.4. The van der Waals surface area contributed by atoms with Crippen LogP contribution in [0.25, 0.3) is 0 Å². The quantitative estimate of drug-likeness (QED) is 0.161. The van der Waals surface area contributed by atoms with Crippen LogP contribution in [0.5, 0.6) is 0 Å². The zero-order chi connectivity index (χ0) is 22.7. The summed E-state index contributed by atoms with van der Waals surface area (Å²) in [6.45, 7) is -0.487. The van der Waals surface area contributed by atoms with E-state index in [2.05, 4.69) is 20.8 Å². The number of nitrogens with one attached hydrogen (secondary N) is 2. The molecule has 0 aromatic carbocycles. The van der Waals surface area contributed by atoms with Crippen molar-refractivity contribution in [3.63, 3.8) is 0 Å². The van der Waals surface area contributed by atoms with E-state index in [0.717, 1.165) is 16.2 Å². The van der Waals surface area contributed by atoms with Gasteiger partial charge in [-0.15, -0.1) is 34.7 Å². The molecule has 31 heavy (non-hydrogen) atoms. The third-order valence-corrected chi connectivity index (χ3v) is 6.58. The monoisotopic (exact) mass is 489 g/mol. The molecule has 1 fully saturated rings. The van der Waals surface area contributed by atoms with E-state index < -0.39 is 41.7 Å². The van der Waals surface area contributed by atoms with Crippen LogP contribution in [-0.2, 0) is 24.0 Å². The number of fused-ring (bicyclic) bond motifs is 1. The Kier molecular flexibility index (Phi) is 7.15. The number of carboxylic acids is 1. The minimum Gasteiger partial charge on any atom is -0.477 e. The van der Waals surface area contributed by atoms with Crippen molar-refractivity contribution in [1.29, 1.82) is 0 Å². The van der Waals surface area contributed by atoms with Gasteiger partial charge in [0, 0.05) is 11.1 Å². The number of thiazole rings is 1. The molecule has 2 aliphatic heterocycles. The molecule has 0 spiro atoms. The zero-order valence-electron chi connectivity index (χ0n) is 15.8. The highest BCUT2D eigenvalue weighted by atomic mass is 35.5. The molecule has 0 aliphatic carbocycles. The average Bonchev–Trinajstić information content (AvgIpc) is 3.21. The molecule has 2 atom stereocenters. The first-order valence-electron chi connectivity index (χ1n) is 8.56. The number of amides is 3. The Labute approximate surface area is 188 Å². The highest BCUT2D eigenvalue weighted by Crippen LogP contribution is 2.40. The van der Waals surface area contributed by atoms with Gasteiger partial charge >= 0.3 is 5.97 Å². The van der Waals surface area contributed by atoms with E-state index in [1.165, 1.54) is 24.3 Å². The number of β-lactam (4-membered cyclic amide) rings is 1. The minimum absolute atomic E-state index is 0.0998. The first kappa shape index (κ1) is 23.0. The number of aliphatic hydroxyl groups excluding tert-OH is 1. The van der Waals surface area contributed by atoms with Gasteiger partial charge in [-0.05, 0) is 5.57 Å². The number of alkyl halides is 1.